The summed E-state index contributed by atoms with van der Waals surface area (Å²) in [5.74, 6) is -0.750. The van der Waals surface area contributed by atoms with Crippen molar-refractivity contribution in [2.75, 3.05) is 0 Å². The van der Waals surface area contributed by atoms with Crippen molar-refractivity contribution in [2.24, 2.45) is 10.5 Å². The van der Waals surface area contributed by atoms with E-state index in [1.54, 1.807) is 32.9 Å². The highest BCUT2D eigenvalue weighted by molar-refractivity contribution is 7.89. The van der Waals surface area contributed by atoms with E-state index in [0.717, 1.165) is 10.2 Å². The SMILES string of the molecule is Cc1ccc(S(=O)(=O)N/N=C2\C(=O)c3c(C)nn(-c4cc(C(F)(F)F)cc(C(F)(F)F)c4)c3CC2(C)C)cc1. The molecule has 39 heavy (non-hydrogen) atoms. The minimum absolute atomic E-state index is 0.00627. The number of nitrogens with one attached hydrogen (secondary N) is 1. The van der Waals surface area contributed by atoms with Crippen molar-refractivity contribution in [3.05, 3.63) is 76.1 Å². The van der Waals surface area contributed by atoms with E-state index < -0.39 is 50.4 Å². The molecule has 0 fully saturated rings. The molecule has 2 aromatic carbocycles. The first-order chi connectivity index (χ1) is 17.8. The molecule has 0 bridgehead atoms. The molecule has 0 saturated carbocycles. The normalized spacial score (nSPS) is 16.9. The number of sulfonamides is 1. The number of alkyl halides is 6. The average Bonchev–Trinajstić information content (AvgIpc) is 3.12. The Bertz CT molecular complexity index is 1570. The van der Waals surface area contributed by atoms with E-state index in [-0.39, 0.29) is 40.0 Å². The number of rotatable bonds is 4. The summed E-state index contributed by atoms with van der Waals surface area (Å²) >= 11 is 0. The van der Waals surface area contributed by atoms with Crippen LogP contribution in [0.5, 0.6) is 0 Å². The first kappa shape index (κ1) is 28.3. The van der Waals surface area contributed by atoms with E-state index in [1.165, 1.54) is 19.1 Å². The van der Waals surface area contributed by atoms with Gasteiger partial charge in [0.05, 0.1) is 38.7 Å². The molecule has 1 heterocycles. The Labute approximate surface area is 219 Å². The van der Waals surface area contributed by atoms with Gasteiger partial charge in [-0.05, 0) is 44.2 Å². The average molecular weight is 573 g/mol. The van der Waals surface area contributed by atoms with Crippen molar-refractivity contribution in [3.8, 4) is 5.69 Å². The maximum atomic E-state index is 13.5. The smallest absolute Gasteiger partial charge is 0.287 e. The fourth-order valence-electron chi connectivity index (χ4n) is 4.31. The zero-order valence-corrected chi connectivity index (χ0v) is 21.8. The molecule has 208 valence electrons. The van der Waals surface area contributed by atoms with Crippen LogP contribution in [0.4, 0.5) is 26.3 Å². The molecule has 0 radical (unpaired) electrons. The monoisotopic (exact) mass is 572 g/mol. The minimum Gasteiger partial charge on any atom is -0.287 e. The summed E-state index contributed by atoms with van der Waals surface area (Å²) in [6.45, 7) is 6.24. The zero-order chi connectivity index (χ0) is 29.1. The van der Waals surface area contributed by atoms with Crippen molar-refractivity contribution in [3.63, 3.8) is 0 Å². The molecule has 1 N–H and O–H groups in total. The topological polar surface area (TPSA) is 93.4 Å². The predicted molar refractivity (Wildman–Crippen MR) is 129 cm³/mol. The number of hydrogen-bond donors (Lipinski definition) is 1. The highest BCUT2D eigenvalue weighted by atomic mass is 32.2. The van der Waals surface area contributed by atoms with Crippen LogP contribution in [0.2, 0.25) is 0 Å². The molecule has 0 amide bonds. The van der Waals surface area contributed by atoms with E-state index in [4.69, 9.17) is 0 Å². The number of aryl methyl sites for hydroxylation is 2. The Hall–Kier alpha value is -3.68. The number of benzene rings is 2. The largest absolute Gasteiger partial charge is 0.416 e. The maximum absolute atomic E-state index is 13.5. The van der Waals surface area contributed by atoms with Gasteiger partial charge in [-0.25, -0.2) is 4.68 Å². The fourth-order valence-corrected chi connectivity index (χ4v) is 5.13. The first-order valence-electron chi connectivity index (χ1n) is 11.4. The van der Waals surface area contributed by atoms with Gasteiger partial charge in [0.1, 0.15) is 5.71 Å². The molecular formula is C25H22F6N4O3S. The number of hydrogen-bond acceptors (Lipinski definition) is 5. The van der Waals surface area contributed by atoms with Gasteiger partial charge in [0, 0.05) is 11.8 Å². The van der Waals surface area contributed by atoms with Crippen LogP contribution >= 0.6 is 0 Å². The number of nitrogens with zero attached hydrogens (tertiary/aromatic N) is 3. The van der Waals surface area contributed by atoms with E-state index in [2.05, 4.69) is 10.2 Å². The second-order valence-corrected chi connectivity index (χ2v) is 11.5. The molecule has 1 aliphatic rings. The Balaban J connectivity index is 1.80. The standard InChI is InChI=1S/C25H22F6N4O3S/c1-13-5-7-18(8-6-13)39(37,38)34-32-22-21(36)20-14(2)33-35(19(20)12-23(22,3)4)17-10-15(24(26,27)28)9-16(11-17)25(29,30)31/h5-11,34H,12H2,1-4H3/b32-22+. The van der Waals surface area contributed by atoms with Gasteiger partial charge in [-0.2, -0.15) is 49.8 Å². The highest BCUT2D eigenvalue weighted by Crippen LogP contribution is 2.40. The maximum Gasteiger partial charge on any atom is 0.416 e. The second-order valence-electron chi connectivity index (χ2n) is 9.84. The molecule has 0 aliphatic heterocycles. The number of carbonyl (C=O) groups is 1. The van der Waals surface area contributed by atoms with Crippen molar-refractivity contribution in [1.82, 2.24) is 14.6 Å². The number of fused-ring (bicyclic) bond motifs is 1. The lowest BCUT2D eigenvalue weighted by Gasteiger charge is -2.30. The van der Waals surface area contributed by atoms with Crippen LogP contribution in [0.1, 0.15) is 52.3 Å². The Morgan fingerprint density at radius 3 is 2.00 bits per heavy atom. The number of ketones is 1. The van der Waals surface area contributed by atoms with Crippen LogP contribution in [0, 0.1) is 19.3 Å². The number of aromatic nitrogens is 2. The molecule has 0 atom stereocenters. The summed E-state index contributed by atoms with van der Waals surface area (Å²) in [7, 11) is -4.14. The fraction of sp³-hybridized carbons (Fsp3) is 0.320. The van der Waals surface area contributed by atoms with Crippen molar-refractivity contribution < 1.29 is 39.6 Å². The van der Waals surface area contributed by atoms with Gasteiger partial charge in [-0.1, -0.05) is 31.5 Å². The van der Waals surface area contributed by atoms with Crippen LogP contribution in [0.25, 0.3) is 5.69 Å². The van der Waals surface area contributed by atoms with E-state index >= 15 is 0 Å². The molecule has 1 aliphatic carbocycles. The summed E-state index contributed by atoms with van der Waals surface area (Å²) in [6.07, 6.45) is -10.2. The summed E-state index contributed by atoms with van der Waals surface area (Å²) in [5, 5.41) is 7.99. The Kier molecular flexibility index (Phi) is 6.69. The number of halogens is 6. The molecule has 4 rings (SSSR count). The lowest BCUT2D eigenvalue weighted by Crippen LogP contribution is -2.41. The van der Waals surface area contributed by atoms with Crippen LogP contribution in [0.3, 0.4) is 0 Å². The molecule has 0 saturated heterocycles. The van der Waals surface area contributed by atoms with Crippen LogP contribution in [-0.2, 0) is 28.8 Å². The van der Waals surface area contributed by atoms with Gasteiger partial charge < -0.3 is 0 Å². The molecule has 7 nitrogen and oxygen atoms in total. The zero-order valence-electron chi connectivity index (χ0n) is 21.0. The Morgan fingerprint density at radius 1 is 0.949 bits per heavy atom. The third-order valence-electron chi connectivity index (χ3n) is 6.27. The van der Waals surface area contributed by atoms with E-state index in [0.29, 0.717) is 12.1 Å². The lowest BCUT2D eigenvalue weighted by molar-refractivity contribution is -0.143. The number of Topliss-reactive ketones (excluding diaryl/α,β-unsaturated/α-hetero) is 1. The van der Waals surface area contributed by atoms with Gasteiger partial charge in [0.25, 0.3) is 10.0 Å². The summed E-state index contributed by atoms with van der Waals surface area (Å²) < 4.78 is 107. The van der Waals surface area contributed by atoms with Gasteiger partial charge in [-0.3, -0.25) is 4.79 Å². The van der Waals surface area contributed by atoms with Crippen LogP contribution < -0.4 is 4.83 Å². The van der Waals surface area contributed by atoms with Gasteiger partial charge >= 0.3 is 12.4 Å². The summed E-state index contributed by atoms with van der Waals surface area (Å²) in [5.41, 5.74) is -4.06. The molecule has 14 heteroatoms. The minimum atomic E-state index is -5.07. The van der Waals surface area contributed by atoms with Gasteiger partial charge in [0.15, 0.2) is 0 Å². The van der Waals surface area contributed by atoms with Crippen molar-refractivity contribution in [1.29, 1.82) is 0 Å². The summed E-state index contributed by atoms with van der Waals surface area (Å²) in [6, 6.07) is 6.95. The van der Waals surface area contributed by atoms with Crippen LogP contribution in [0.15, 0.2) is 52.5 Å². The molecular weight excluding hydrogens is 550 g/mol. The van der Waals surface area contributed by atoms with E-state index in [1.807, 2.05) is 4.83 Å². The summed E-state index contributed by atoms with van der Waals surface area (Å²) in [4.78, 5) is 15.4. The van der Waals surface area contributed by atoms with Crippen molar-refractivity contribution in [2.45, 2.75) is 51.4 Å². The quantitative estimate of drug-likeness (QED) is 0.324. The third kappa shape index (κ3) is 5.42. The van der Waals surface area contributed by atoms with Crippen LogP contribution in [-0.4, -0.2) is 29.7 Å². The Morgan fingerprint density at radius 2 is 1.49 bits per heavy atom. The first-order valence-corrected chi connectivity index (χ1v) is 12.9. The molecule has 1 aromatic heterocycles. The van der Waals surface area contributed by atoms with Gasteiger partial charge in [0.2, 0.25) is 5.78 Å². The number of hydrazone groups is 1. The number of carbonyl (C=O) groups excluding carboxylic acids is 1. The van der Waals surface area contributed by atoms with E-state index in [9.17, 15) is 39.6 Å². The third-order valence-corrected chi connectivity index (χ3v) is 7.50. The van der Waals surface area contributed by atoms with Crippen molar-refractivity contribution >= 4 is 21.5 Å². The second kappa shape index (κ2) is 9.21. The molecule has 3 aromatic rings. The predicted octanol–water partition coefficient (Wildman–Crippen LogP) is 5.63. The van der Waals surface area contributed by atoms with Gasteiger partial charge in [-0.15, -0.1) is 0 Å². The lowest BCUT2D eigenvalue weighted by atomic mass is 9.74. The molecule has 0 unspecified atom stereocenters. The highest BCUT2D eigenvalue weighted by Gasteiger charge is 2.43. The molecule has 0 spiro atoms.